The van der Waals surface area contributed by atoms with Crippen LogP contribution in [0.1, 0.15) is 110 Å². The summed E-state index contributed by atoms with van der Waals surface area (Å²) in [5.74, 6) is 1.24. The number of ether oxygens (including phenoxy) is 2. The number of carbonyl (C=O) groups is 1. The first kappa shape index (κ1) is 47.8. The van der Waals surface area contributed by atoms with Gasteiger partial charge in [0.1, 0.15) is 11.9 Å². The van der Waals surface area contributed by atoms with E-state index in [-0.39, 0.29) is 16.8 Å². The van der Waals surface area contributed by atoms with Gasteiger partial charge in [0.15, 0.2) is 0 Å². The predicted octanol–water partition coefficient (Wildman–Crippen LogP) is 18.1. The predicted molar refractivity (Wildman–Crippen MR) is 293 cm³/mol. The number of esters is 1. The molecule has 9 rings (SSSR count). The minimum atomic E-state index is -0.396. The molecule has 0 spiro atoms. The van der Waals surface area contributed by atoms with Gasteiger partial charge in [0.25, 0.3) is 0 Å². The summed E-state index contributed by atoms with van der Waals surface area (Å²) >= 11 is 1.91. The first-order valence-electron chi connectivity index (χ1n) is 25.2. The van der Waals surface area contributed by atoms with Gasteiger partial charge >= 0.3 is 5.97 Å². The number of pyridine rings is 1. The van der Waals surface area contributed by atoms with Crippen LogP contribution in [0, 0.1) is 11.3 Å². The topological polar surface area (TPSA) is 48.4 Å². The molecule has 0 saturated carbocycles. The van der Waals surface area contributed by atoms with E-state index in [1.807, 2.05) is 17.5 Å². The van der Waals surface area contributed by atoms with Crippen molar-refractivity contribution in [3.63, 3.8) is 0 Å². The molecule has 6 aromatic carbocycles. The first-order valence-corrected chi connectivity index (χ1v) is 26.0. The molecule has 1 unspecified atom stereocenters. The number of carbonyl (C=O) groups excluding carboxylic acids is 1. The van der Waals surface area contributed by atoms with E-state index in [1.165, 1.54) is 94.0 Å². The lowest BCUT2D eigenvalue weighted by Gasteiger charge is -2.39. The Labute approximate surface area is 414 Å². The van der Waals surface area contributed by atoms with Crippen molar-refractivity contribution in [1.82, 2.24) is 4.98 Å². The maximum atomic E-state index is 11.9. The van der Waals surface area contributed by atoms with Gasteiger partial charge < -0.3 is 9.47 Å². The van der Waals surface area contributed by atoms with Gasteiger partial charge in [0.2, 0.25) is 0 Å². The maximum Gasteiger partial charge on any atom is 0.306 e. The summed E-state index contributed by atoms with van der Waals surface area (Å²) in [7, 11) is 0. The zero-order valence-electron chi connectivity index (χ0n) is 41.3. The minimum absolute atomic E-state index is 0.106. The molecule has 0 aliphatic heterocycles. The lowest BCUT2D eigenvalue weighted by Crippen LogP contribution is -2.32. The molecule has 0 bridgehead atoms. The number of thiophene rings is 1. The normalized spacial score (nSPS) is 14.4. The van der Waals surface area contributed by atoms with Crippen LogP contribution in [-0.4, -0.2) is 23.7 Å². The molecule has 1 atom stereocenters. The third kappa shape index (κ3) is 10.4. The Morgan fingerprint density at radius 1 is 0.652 bits per heavy atom. The second-order valence-electron chi connectivity index (χ2n) is 20.8. The number of hydrogen-bond acceptors (Lipinski definition) is 5. The number of rotatable bonds is 20. The van der Waals surface area contributed by atoms with Gasteiger partial charge in [0.05, 0.1) is 12.1 Å². The monoisotopic (exact) mass is 929 g/mol. The Morgan fingerprint density at radius 2 is 1.20 bits per heavy atom. The van der Waals surface area contributed by atoms with Crippen molar-refractivity contribution in [2.75, 3.05) is 6.61 Å². The largest absolute Gasteiger partial charge is 0.494 e. The van der Waals surface area contributed by atoms with Crippen LogP contribution in [0.2, 0.25) is 0 Å². The minimum Gasteiger partial charge on any atom is -0.494 e. The van der Waals surface area contributed by atoms with Gasteiger partial charge in [-0.25, -0.2) is 0 Å². The molecule has 1 aliphatic rings. The number of hydrogen-bond donors (Lipinski definition) is 0. The zero-order chi connectivity index (χ0) is 48.1. The van der Waals surface area contributed by atoms with Gasteiger partial charge in [0, 0.05) is 49.2 Å². The molecule has 0 amide bonds. The molecule has 8 aromatic rings. The number of benzene rings is 6. The lowest BCUT2D eigenvalue weighted by molar-refractivity contribution is -0.145. The maximum absolute atomic E-state index is 11.9. The summed E-state index contributed by atoms with van der Waals surface area (Å²) in [6.07, 6.45) is 14.8. The highest BCUT2D eigenvalue weighted by Crippen LogP contribution is 2.58. The van der Waals surface area contributed by atoms with E-state index in [0.717, 1.165) is 56.2 Å². The Balaban J connectivity index is 0.886. The van der Waals surface area contributed by atoms with Gasteiger partial charge in [-0.05, 0) is 136 Å². The van der Waals surface area contributed by atoms with Gasteiger partial charge in [-0.15, -0.1) is 11.3 Å². The van der Waals surface area contributed by atoms with Gasteiger partial charge in [-0.1, -0.05) is 171 Å². The van der Waals surface area contributed by atoms with Crippen LogP contribution in [0.25, 0.3) is 75.6 Å². The molecule has 1 aliphatic carbocycles. The number of nitrogens with zero attached hydrogens (tertiary/aromatic N) is 1. The van der Waals surface area contributed by atoms with E-state index in [4.69, 9.17) is 14.5 Å². The van der Waals surface area contributed by atoms with Crippen LogP contribution in [0.15, 0.2) is 159 Å². The molecule has 5 heteroatoms. The number of unbranched alkanes of at least 4 members (excludes halogenated alkanes) is 6. The molecule has 0 radical (unpaired) electrons. The summed E-state index contributed by atoms with van der Waals surface area (Å²) in [6.45, 7) is 20.1. The van der Waals surface area contributed by atoms with E-state index in [0.29, 0.717) is 18.9 Å². The smallest absolute Gasteiger partial charge is 0.306 e. The van der Waals surface area contributed by atoms with Crippen LogP contribution in [0.4, 0.5) is 0 Å². The SMILES string of the molecule is C=CC(C=C)OC(=O)CCCCCCCCCOc1ccc(-c2ccc(-c3ccc4c(c3)C(CC(C)C)(CC(C)(C)C)c3cc(-c5cc6c7cccnc7c7ccccc7c6s5)ccc3-4)cc2)cc1. The standard InChI is InChI=1S/C64H67NO3S/c1-8-49(9-2)68-60(66)23-15-13-11-10-12-14-18-37-67-50-32-28-45(29-33-50)44-24-26-46(27-25-44)47-30-34-51-52-35-31-48(39-58(52)64(41-43(3)4,57(51)38-47)42-63(5,6)7)59-40-56-54-22-19-36-65-61(54)53-20-16-17-21-55(53)62(56)69-59/h8-9,16-17,19-22,24-36,38-40,43,49H,1-2,10-15,18,23,37,41-42H2,3-7H3. The molecule has 69 heavy (non-hydrogen) atoms. The molecule has 0 fully saturated rings. The fourth-order valence-electron chi connectivity index (χ4n) is 11.0. The second kappa shape index (κ2) is 20.7. The molecule has 0 N–H and O–H groups in total. The van der Waals surface area contributed by atoms with E-state index < -0.39 is 6.10 Å². The van der Waals surface area contributed by atoms with Crippen LogP contribution in [0.3, 0.4) is 0 Å². The third-order valence-electron chi connectivity index (χ3n) is 13.9. The highest BCUT2D eigenvalue weighted by molar-refractivity contribution is 7.23. The second-order valence-corrected chi connectivity index (χ2v) is 21.9. The summed E-state index contributed by atoms with van der Waals surface area (Å²) < 4.78 is 12.7. The average Bonchev–Trinajstić information content (AvgIpc) is 3.91. The Kier molecular flexibility index (Phi) is 14.4. The van der Waals surface area contributed by atoms with Crippen LogP contribution in [0.5, 0.6) is 5.75 Å². The number of fused-ring (bicyclic) bond motifs is 9. The Morgan fingerprint density at radius 3 is 1.86 bits per heavy atom. The summed E-state index contributed by atoms with van der Waals surface area (Å²) in [5.41, 5.74) is 12.9. The van der Waals surface area contributed by atoms with Crippen molar-refractivity contribution in [3.05, 3.63) is 170 Å². The van der Waals surface area contributed by atoms with Crippen molar-refractivity contribution in [2.45, 2.75) is 110 Å². The van der Waals surface area contributed by atoms with Crippen LogP contribution >= 0.6 is 11.3 Å². The fraction of sp³-hybridized carbons (Fsp3) is 0.312. The van der Waals surface area contributed by atoms with Crippen LogP contribution in [-0.2, 0) is 14.9 Å². The average molecular weight is 930 g/mol. The molecular formula is C64H67NO3S. The first-order chi connectivity index (χ1) is 33.4. The van der Waals surface area contributed by atoms with Crippen molar-refractivity contribution >= 4 is 49.1 Å². The van der Waals surface area contributed by atoms with Crippen LogP contribution < -0.4 is 4.74 Å². The zero-order valence-corrected chi connectivity index (χ0v) is 42.1. The number of aromatic nitrogens is 1. The van der Waals surface area contributed by atoms with E-state index in [1.54, 1.807) is 12.2 Å². The molecule has 2 heterocycles. The van der Waals surface area contributed by atoms with Crippen molar-refractivity contribution in [2.24, 2.45) is 11.3 Å². The molecule has 352 valence electrons. The van der Waals surface area contributed by atoms with Crippen molar-refractivity contribution in [1.29, 1.82) is 0 Å². The quantitative estimate of drug-likeness (QED) is 0.0331. The highest BCUT2D eigenvalue weighted by atomic mass is 32.1. The fourth-order valence-corrected chi connectivity index (χ4v) is 12.2. The van der Waals surface area contributed by atoms with Crippen molar-refractivity contribution in [3.8, 4) is 49.6 Å². The lowest BCUT2D eigenvalue weighted by atomic mass is 9.64. The van der Waals surface area contributed by atoms with Crippen molar-refractivity contribution < 1.29 is 14.3 Å². The summed E-state index contributed by atoms with van der Waals surface area (Å²) in [5, 5.41) is 5.00. The van der Waals surface area contributed by atoms with E-state index in [9.17, 15) is 4.79 Å². The Hall–Kier alpha value is -6.30. The molecule has 0 saturated heterocycles. The molecule has 2 aromatic heterocycles. The van der Waals surface area contributed by atoms with E-state index in [2.05, 4.69) is 175 Å². The van der Waals surface area contributed by atoms with Gasteiger partial charge in [-0.3, -0.25) is 9.78 Å². The summed E-state index contributed by atoms with van der Waals surface area (Å²) in [6, 6.07) is 47.7. The Bertz CT molecular complexity index is 3030. The van der Waals surface area contributed by atoms with Gasteiger partial charge in [-0.2, -0.15) is 0 Å². The molecular weight excluding hydrogens is 863 g/mol. The highest BCUT2D eigenvalue weighted by Gasteiger charge is 2.46. The molecule has 4 nitrogen and oxygen atoms in total. The summed E-state index contributed by atoms with van der Waals surface area (Å²) in [4.78, 5) is 18.1. The van der Waals surface area contributed by atoms with E-state index >= 15 is 0 Å². The third-order valence-corrected chi connectivity index (χ3v) is 15.1.